The Bertz CT molecular complexity index is 485. The molecule has 0 amide bonds. The Kier molecular flexibility index (Phi) is 21.6. The van der Waals surface area contributed by atoms with E-state index in [9.17, 15) is 9.36 Å². The van der Waals surface area contributed by atoms with Crippen molar-refractivity contribution in [1.82, 2.24) is 0 Å². The van der Waals surface area contributed by atoms with Crippen molar-refractivity contribution in [2.45, 2.75) is 129 Å². The molecule has 0 saturated heterocycles. The first-order chi connectivity index (χ1) is 15.3. The van der Waals surface area contributed by atoms with E-state index >= 15 is 0 Å². The maximum Gasteiger partial charge on any atom is 0.469 e. The molecule has 0 saturated carbocycles. The number of unbranched alkanes of at least 4 members (excludes halogenated alkanes) is 15. The van der Waals surface area contributed by atoms with Gasteiger partial charge in [0, 0.05) is 18.2 Å². The fourth-order valence-electron chi connectivity index (χ4n) is 3.97. The number of phosphoric acid groups is 1. The van der Waals surface area contributed by atoms with Crippen LogP contribution in [0, 0.1) is 5.92 Å². The van der Waals surface area contributed by atoms with E-state index in [4.69, 9.17) is 19.0 Å². The highest BCUT2D eigenvalue weighted by Crippen LogP contribution is 2.40. The van der Waals surface area contributed by atoms with Crippen LogP contribution >= 0.6 is 23.8 Å². The van der Waals surface area contributed by atoms with Crippen LogP contribution in [0.4, 0.5) is 0 Å². The van der Waals surface area contributed by atoms with Gasteiger partial charge in [0.25, 0.3) is 0 Å². The molecule has 0 aliphatic heterocycles. The molecule has 0 bridgehead atoms. The molecule has 2 atom stereocenters. The van der Waals surface area contributed by atoms with Crippen LogP contribution in [0.25, 0.3) is 0 Å². The third-order valence-electron chi connectivity index (χ3n) is 5.88. The maximum absolute atomic E-state index is 11.2. The van der Waals surface area contributed by atoms with Crippen LogP contribution < -0.4 is 0 Å². The summed E-state index contributed by atoms with van der Waals surface area (Å²) in [5.74, 6) is -0.635. The van der Waals surface area contributed by atoms with E-state index in [0.29, 0.717) is 6.42 Å². The lowest BCUT2D eigenvalue weighted by Crippen LogP contribution is -2.29. The van der Waals surface area contributed by atoms with Crippen molar-refractivity contribution < 1.29 is 28.4 Å². The zero-order valence-corrected chi connectivity index (χ0v) is 22.9. The SMILES string of the molecule is CCCCCCCCCCCCCCCCCCC(COC(C)=O)C(CBr)OP(=O)(O)O. The Balaban J connectivity index is 3.78. The zero-order valence-electron chi connectivity index (χ0n) is 20.4. The summed E-state index contributed by atoms with van der Waals surface area (Å²) < 4.78 is 21.2. The van der Waals surface area contributed by atoms with Crippen LogP contribution in [0.1, 0.15) is 123 Å². The lowest BCUT2D eigenvalue weighted by atomic mass is 9.96. The van der Waals surface area contributed by atoms with Gasteiger partial charge in [0.05, 0.1) is 12.7 Å². The quantitative estimate of drug-likeness (QED) is 0.0594. The van der Waals surface area contributed by atoms with Gasteiger partial charge in [-0.1, -0.05) is 126 Å². The normalized spacial score (nSPS) is 13.8. The van der Waals surface area contributed by atoms with Crippen LogP contribution in [0.15, 0.2) is 0 Å². The third kappa shape index (κ3) is 21.9. The average molecular weight is 544 g/mol. The second kappa shape index (κ2) is 21.6. The summed E-state index contributed by atoms with van der Waals surface area (Å²) >= 11 is 3.26. The second-order valence-corrected chi connectivity index (χ2v) is 10.8. The first-order valence-corrected chi connectivity index (χ1v) is 15.4. The monoisotopic (exact) mass is 542 g/mol. The van der Waals surface area contributed by atoms with Crippen LogP contribution in [0.3, 0.4) is 0 Å². The maximum atomic E-state index is 11.2. The first kappa shape index (κ1) is 32.1. The number of alkyl halides is 1. The lowest BCUT2D eigenvalue weighted by Gasteiger charge is -2.25. The number of hydrogen-bond donors (Lipinski definition) is 2. The molecule has 6 nitrogen and oxygen atoms in total. The van der Waals surface area contributed by atoms with Crippen LogP contribution in [0.2, 0.25) is 0 Å². The van der Waals surface area contributed by atoms with Gasteiger partial charge < -0.3 is 14.5 Å². The highest BCUT2D eigenvalue weighted by Gasteiger charge is 2.29. The number of esters is 1. The Morgan fingerprint density at radius 3 is 1.56 bits per heavy atom. The highest BCUT2D eigenvalue weighted by molar-refractivity contribution is 9.09. The summed E-state index contributed by atoms with van der Waals surface area (Å²) in [4.78, 5) is 29.4. The molecule has 0 aromatic heterocycles. The first-order valence-electron chi connectivity index (χ1n) is 12.7. The van der Waals surface area contributed by atoms with Crippen LogP contribution in [0.5, 0.6) is 0 Å². The number of hydrogen-bond acceptors (Lipinski definition) is 4. The number of ether oxygens (including phenoxy) is 1. The van der Waals surface area contributed by atoms with Gasteiger partial charge in [0.1, 0.15) is 0 Å². The minimum absolute atomic E-state index is 0.115. The molecule has 32 heavy (non-hydrogen) atoms. The van der Waals surface area contributed by atoms with Gasteiger partial charge in [-0.3, -0.25) is 9.32 Å². The molecule has 0 radical (unpaired) electrons. The largest absolute Gasteiger partial charge is 0.469 e. The lowest BCUT2D eigenvalue weighted by molar-refractivity contribution is -0.143. The molecular formula is C24H48BrO6P. The molecule has 2 unspecified atom stereocenters. The Morgan fingerprint density at radius 1 is 0.812 bits per heavy atom. The smallest absolute Gasteiger partial charge is 0.465 e. The van der Waals surface area contributed by atoms with E-state index < -0.39 is 19.9 Å². The highest BCUT2D eigenvalue weighted by atomic mass is 79.9. The van der Waals surface area contributed by atoms with Crippen molar-refractivity contribution in [1.29, 1.82) is 0 Å². The summed E-state index contributed by atoms with van der Waals surface area (Å²) in [6, 6.07) is 0. The van der Waals surface area contributed by atoms with Crippen molar-refractivity contribution in [3.63, 3.8) is 0 Å². The number of rotatable bonds is 23. The van der Waals surface area contributed by atoms with Crippen LogP contribution in [-0.2, 0) is 18.6 Å². The van der Waals surface area contributed by atoms with Crippen molar-refractivity contribution in [3.05, 3.63) is 0 Å². The van der Waals surface area contributed by atoms with E-state index in [0.717, 1.165) is 19.3 Å². The fourth-order valence-corrected chi connectivity index (χ4v) is 5.44. The number of phosphoric ester groups is 1. The van der Waals surface area contributed by atoms with Gasteiger partial charge >= 0.3 is 13.8 Å². The van der Waals surface area contributed by atoms with Crippen molar-refractivity contribution >= 4 is 29.7 Å². The molecule has 0 aliphatic carbocycles. The summed E-state index contributed by atoms with van der Waals surface area (Å²) in [5, 5.41) is 0.281. The number of halogens is 1. The minimum Gasteiger partial charge on any atom is -0.465 e. The van der Waals surface area contributed by atoms with Gasteiger partial charge in [0.2, 0.25) is 0 Å². The van der Waals surface area contributed by atoms with E-state index in [1.165, 1.54) is 90.4 Å². The Hall–Kier alpha value is 0.0600. The predicted octanol–water partition coefficient (Wildman–Crippen LogP) is 7.69. The molecule has 0 rings (SSSR count). The van der Waals surface area contributed by atoms with Gasteiger partial charge in [0.15, 0.2) is 0 Å². The summed E-state index contributed by atoms with van der Waals surface area (Å²) in [7, 11) is -4.59. The molecule has 0 aromatic rings. The summed E-state index contributed by atoms with van der Waals surface area (Å²) in [6.45, 7) is 3.71. The minimum atomic E-state index is -4.59. The van der Waals surface area contributed by atoms with Gasteiger partial charge in [-0.05, 0) is 6.42 Å². The van der Waals surface area contributed by atoms with Crippen LogP contribution in [-0.4, -0.2) is 33.8 Å². The summed E-state index contributed by atoms with van der Waals surface area (Å²) in [6.07, 6.45) is 20.8. The number of carbonyl (C=O) groups is 1. The Morgan fingerprint density at radius 2 is 1.22 bits per heavy atom. The third-order valence-corrected chi connectivity index (χ3v) is 7.06. The molecule has 0 aliphatic rings. The average Bonchev–Trinajstić information content (AvgIpc) is 2.73. The van der Waals surface area contributed by atoms with Crippen molar-refractivity contribution in [2.75, 3.05) is 11.9 Å². The summed E-state index contributed by atoms with van der Waals surface area (Å²) in [5.41, 5.74) is 0. The standard InChI is InChI=1S/C24H48BrO6P/c1-3-4-5-6-7-8-9-10-11-12-13-14-15-16-17-18-19-23(21-30-22(2)26)24(20-25)31-32(27,28)29/h23-24H,3-21H2,1-2H3,(H2,27,28,29). The topological polar surface area (TPSA) is 93.1 Å². The molecule has 0 spiro atoms. The van der Waals surface area contributed by atoms with E-state index in [-0.39, 0.29) is 17.9 Å². The van der Waals surface area contributed by atoms with Gasteiger partial charge in [-0.25, -0.2) is 4.57 Å². The number of carbonyl (C=O) groups excluding carboxylic acids is 1. The van der Waals surface area contributed by atoms with E-state index in [1.54, 1.807) is 0 Å². The Labute approximate surface area is 205 Å². The molecule has 8 heteroatoms. The van der Waals surface area contributed by atoms with Gasteiger partial charge in [-0.2, -0.15) is 0 Å². The van der Waals surface area contributed by atoms with Crippen molar-refractivity contribution in [2.24, 2.45) is 5.92 Å². The fraction of sp³-hybridized carbons (Fsp3) is 0.958. The van der Waals surface area contributed by atoms with E-state index in [2.05, 4.69) is 22.9 Å². The molecule has 2 N–H and O–H groups in total. The van der Waals surface area contributed by atoms with Crippen molar-refractivity contribution in [3.8, 4) is 0 Å². The van der Waals surface area contributed by atoms with Gasteiger partial charge in [-0.15, -0.1) is 0 Å². The molecule has 0 heterocycles. The second-order valence-electron chi connectivity index (χ2n) is 8.94. The molecular weight excluding hydrogens is 495 g/mol. The van der Waals surface area contributed by atoms with E-state index in [1.807, 2.05) is 0 Å². The predicted molar refractivity (Wildman–Crippen MR) is 135 cm³/mol. The molecule has 0 aromatic carbocycles. The molecule has 0 fully saturated rings. The zero-order chi connectivity index (χ0) is 24.1. The molecule has 192 valence electrons.